The van der Waals surface area contributed by atoms with Gasteiger partial charge in [-0.15, -0.1) is 11.8 Å². The SMILES string of the molecule is COc1ccccc1N1C(=O)CS[C@H]1c1ccccc1NC(=O)CC(C)(C)C. The summed E-state index contributed by atoms with van der Waals surface area (Å²) in [5.74, 6) is 1.03. The number of benzene rings is 2. The molecule has 0 bridgehead atoms. The fourth-order valence-electron chi connectivity index (χ4n) is 3.25. The molecule has 2 aromatic carbocycles. The van der Waals surface area contributed by atoms with Gasteiger partial charge in [-0.25, -0.2) is 0 Å². The summed E-state index contributed by atoms with van der Waals surface area (Å²) in [5, 5.41) is 2.81. The summed E-state index contributed by atoms with van der Waals surface area (Å²) in [6, 6.07) is 15.2. The molecule has 3 rings (SSSR count). The molecule has 6 heteroatoms. The Bertz CT molecular complexity index is 876. The van der Waals surface area contributed by atoms with E-state index < -0.39 is 0 Å². The Morgan fingerprint density at radius 1 is 1.18 bits per heavy atom. The number of amides is 2. The molecule has 1 atom stereocenters. The van der Waals surface area contributed by atoms with Crippen molar-refractivity contribution in [3.8, 4) is 5.75 Å². The predicted octanol–water partition coefficient (Wildman–Crippen LogP) is 4.85. The minimum absolute atomic E-state index is 0.0234. The third kappa shape index (κ3) is 4.50. The summed E-state index contributed by atoms with van der Waals surface area (Å²) in [6.45, 7) is 6.11. The number of carbonyl (C=O) groups is 2. The van der Waals surface area contributed by atoms with Crippen LogP contribution >= 0.6 is 11.8 Å². The minimum atomic E-state index is -0.227. The number of ether oxygens (including phenoxy) is 1. The monoisotopic (exact) mass is 398 g/mol. The number of thioether (sulfide) groups is 1. The van der Waals surface area contributed by atoms with Gasteiger partial charge in [-0.1, -0.05) is 51.1 Å². The molecule has 0 unspecified atom stereocenters. The van der Waals surface area contributed by atoms with Crippen molar-refractivity contribution in [3.05, 3.63) is 54.1 Å². The molecule has 5 nitrogen and oxygen atoms in total. The third-order valence-electron chi connectivity index (χ3n) is 4.40. The van der Waals surface area contributed by atoms with Gasteiger partial charge in [-0.05, 0) is 23.6 Å². The summed E-state index contributed by atoms with van der Waals surface area (Å²) in [6.07, 6.45) is 0.425. The maximum atomic E-state index is 12.7. The number of hydrogen-bond donors (Lipinski definition) is 1. The van der Waals surface area contributed by atoms with Crippen LogP contribution in [0.5, 0.6) is 5.75 Å². The van der Waals surface area contributed by atoms with Crippen molar-refractivity contribution in [2.75, 3.05) is 23.1 Å². The summed E-state index contributed by atoms with van der Waals surface area (Å²) < 4.78 is 5.47. The lowest BCUT2D eigenvalue weighted by Crippen LogP contribution is -2.29. The van der Waals surface area contributed by atoms with Crippen molar-refractivity contribution >= 4 is 35.0 Å². The van der Waals surface area contributed by atoms with Gasteiger partial charge in [0.25, 0.3) is 0 Å². The van der Waals surface area contributed by atoms with E-state index >= 15 is 0 Å². The molecule has 1 aliphatic rings. The lowest BCUT2D eigenvalue weighted by atomic mass is 9.92. The lowest BCUT2D eigenvalue weighted by molar-refractivity contribution is -0.118. The average molecular weight is 399 g/mol. The highest BCUT2D eigenvalue weighted by atomic mass is 32.2. The number of hydrogen-bond acceptors (Lipinski definition) is 4. The smallest absolute Gasteiger partial charge is 0.238 e. The number of carbonyl (C=O) groups excluding carboxylic acids is 2. The number of nitrogens with one attached hydrogen (secondary N) is 1. The molecule has 1 fully saturated rings. The Morgan fingerprint density at radius 3 is 2.57 bits per heavy atom. The van der Waals surface area contributed by atoms with E-state index in [0.717, 1.165) is 16.9 Å². The first-order valence-corrected chi connectivity index (χ1v) is 10.3. The number of rotatable bonds is 5. The summed E-state index contributed by atoms with van der Waals surface area (Å²) in [7, 11) is 1.60. The Balaban J connectivity index is 1.94. The maximum absolute atomic E-state index is 12.7. The van der Waals surface area contributed by atoms with Gasteiger partial charge >= 0.3 is 0 Å². The first-order chi connectivity index (χ1) is 13.3. The van der Waals surface area contributed by atoms with Crippen LogP contribution in [0.1, 0.15) is 38.1 Å². The van der Waals surface area contributed by atoms with Crippen LogP contribution in [0.2, 0.25) is 0 Å². The van der Waals surface area contributed by atoms with Crippen LogP contribution in [-0.4, -0.2) is 24.7 Å². The molecular weight excluding hydrogens is 372 g/mol. The second-order valence-electron chi connectivity index (χ2n) is 7.97. The van der Waals surface area contributed by atoms with E-state index in [2.05, 4.69) is 5.32 Å². The summed E-state index contributed by atoms with van der Waals surface area (Å²) in [5.41, 5.74) is 2.29. The number of nitrogens with zero attached hydrogens (tertiary/aromatic N) is 1. The van der Waals surface area contributed by atoms with Crippen LogP contribution in [0.25, 0.3) is 0 Å². The van der Waals surface area contributed by atoms with Crippen LogP contribution in [0.3, 0.4) is 0 Å². The van der Waals surface area contributed by atoms with Crippen molar-refractivity contribution in [2.24, 2.45) is 5.41 Å². The van der Waals surface area contributed by atoms with E-state index in [1.807, 2.05) is 69.3 Å². The largest absolute Gasteiger partial charge is 0.495 e. The van der Waals surface area contributed by atoms with Crippen LogP contribution in [0.15, 0.2) is 48.5 Å². The van der Waals surface area contributed by atoms with E-state index in [1.165, 1.54) is 0 Å². The second kappa shape index (κ2) is 8.27. The lowest BCUT2D eigenvalue weighted by Gasteiger charge is -2.27. The zero-order valence-corrected chi connectivity index (χ0v) is 17.5. The normalized spacial score (nSPS) is 16.9. The van der Waals surface area contributed by atoms with Crippen molar-refractivity contribution in [3.63, 3.8) is 0 Å². The topological polar surface area (TPSA) is 58.6 Å². The quantitative estimate of drug-likeness (QED) is 0.782. The van der Waals surface area contributed by atoms with Gasteiger partial charge in [0.1, 0.15) is 11.1 Å². The highest BCUT2D eigenvalue weighted by Crippen LogP contribution is 2.46. The van der Waals surface area contributed by atoms with E-state index in [1.54, 1.807) is 23.8 Å². The standard InChI is InChI=1S/C22H26N2O3S/c1-22(2,3)13-19(25)23-16-10-6-5-9-15(16)21-24(20(26)14-28-21)17-11-7-8-12-18(17)27-4/h5-12,21H,13-14H2,1-4H3,(H,23,25)/t21-/m0/s1. The number of methoxy groups -OCH3 is 1. The fraction of sp³-hybridized carbons (Fsp3) is 0.364. The van der Waals surface area contributed by atoms with Gasteiger partial charge in [0.05, 0.1) is 18.6 Å². The molecule has 1 aliphatic heterocycles. The van der Waals surface area contributed by atoms with Crippen LogP contribution in [0.4, 0.5) is 11.4 Å². The van der Waals surface area contributed by atoms with Crippen molar-refractivity contribution in [2.45, 2.75) is 32.6 Å². The summed E-state index contributed by atoms with van der Waals surface area (Å²) >= 11 is 1.55. The molecule has 2 amide bonds. The molecule has 0 radical (unpaired) electrons. The maximum Gasteiger partial charge on any atom is 0.238 e. The Morgan fingerprint density at radius 2 is 1.86 bits per heavy atom. The predicted molar refractivity (Wildman–Crippen MR) is 115 cm³/mol. The molecule has 28 heavy (non-hydrogen) atoms. The first-order valence-electron chi connectivity index (χ1n) is 9.25. The van der Waals surface area contributed by atoms with Gasteiger partial charge in [-0.2, -0.15) is 0 Å². The molecule has 1 saturated heterocycles. The van der Waals surface area contributed by atoms with Crippen molar-refractivity contribution < 1.29 is 14.3 Å². The van der Waals surface area contributed by atoms with Gasteiger partial charge in [0, 0.05) is 17.7 Å². The fourth-order valence-corrected chi connectivity index (χ4v) is 4.45. The Hall–Kier alpha value is -2.47. The second-order valence-corrected chi connectivity index (χ2v) is 9.04. The molecule has 2 aromatic rings. The van der Waals surface area contributed by atoms with Crippen LogP contribution < -0.4 is 15.0 Å². The van der Waals surface area contributed by atoms with Crippen LogP contribution in [-0.2, 0) is 9.59 Å². The molecule has 0 aromatic heterocycles. The van der Waals surface area contributed by atoms with Gasteiger partial charge in [0.15, 0.2) is 0 Å². The third-order valence-corrected chi connectivity index (χ3v) is 5.60. The van der Waals surface area contributed by atoms with E-state index in [4.69, 9.17) is 4.74 Å². The Labute approximate surface area is 170 Å². The molecule has 1 heterocycles. The van der Waals surface area contributed by atoms with E-state index in [0.29, 0.717) is 17.9 Å². The van der Waals surface area contributed by atoms with Gasteiger partial charge in [-0.3, -0.25) is 14.5 Å². The Kier molecular flexibility index (Phi) is 5.98. The van der Waals surface area contributed by atoms with E-state index in [-0.39, 0.29) is 22.6 Å². The number of para-hydroxylation sites is 3. The highest BCUT2D eigenvalue weighted by Gasteiger charge is 2.36. The molecule has 0 aliphatic carbocycles. The zero-order valence-electron chi connectivity index (χ0n) is 16.7. The molecule has 0 spiro atoms. The molecule has 1 N–H and O–H groups in total. The summed E-state index contributed by atoms with van der Waals surface area (Å²) in [4.78, 5) is 27.0. The molecule has 148 valence electrons. The first kappa shape index (κ1) is 20.3. The molecular formula is C22H26N2O3S. The minimum Gasteiger partial charge on any atom is -0.495 e. The highest BCUT2D eigenvalue weighted by molar-refractivity contribution is 8.00. The van der Waals surface area contributed by atoms with Gasteiger partial charge < -0.3 is 10.1 Å². The molecule has 0 saturated carbocycles. The van der Waals surface area contributed by atoms with Crippen LogP contribution in [0, 0.1) is 5.41 Å². The number of anilines is 2. The van der Waals surface area contributed by atoms with Crippen molar-refractivity contribution in [1.29, 1.82) is 0 Å². The average Bonchev–Trinajstić information content (AvgIpc) is 3.01. The van der Waals surface area contributed by atoms with Crippen molar-refractivity contribution in [1.82, 2.24) is 0 Å². The van der Waals surface area contributed by atoms with E-state index in [9.17, 15) is 9.59 Å². The zero-order chi connectivity index (χ0) is 20.3. The van der Waals surface area contributed by atoms with Gasteiger partial charge in [0.2, 0.25) is 11.8 Å².